The van der Waals surface area contributed by atoms with Crippen molar-refractivity contribution in [2.75, 3.05) is 31.7 Å². The standard InChI is InChI=1S/C12H16F2N2OS/c1-3-17-5-4-16(2)11-9(13)6-8(12(15)18)7-10(11)14/h6-7H,3-5H2,1-2H3,(H2,15,18). The van der Waals surface area contributed by atoms with Crippen LogP contribution in [0.5, 0.6) is 0 Å². The van der Waals surface area contributed by atoms with Crippen LogP contribution in [0.25, 0.3) is 0 Å². The molecule has 0 aromatic heterocycles. The van der Waals surface area contributed by atoms with E-state index in [4.69, 9.17) is 10.5 Å². The fourth-order valence-electron chi connectivity index (χ4n) is 1.53. The van der Waals surface area contributed by atoms with Gasteiger partial charge in [-0.3, -0.25) is 0 Å². The Morgan fingerprint density at radius 1 is 1.39 bits per heavy atom. The lowest BCUT2D eigenvalue weighted by Crippen LogP contribution is -2.25. The van der Waals surface area contributed by atoms with Gasteiger partial charge >= 0.3 is 0 Å². The minimum absolute atomic E-state index is 0.0312. The van der Waals surface area contributed by atoms with Crippen molar-refractivity contribution in [3.8, 4) is 0 Å². The van der Waals surface area contributed by atoms with Crippen molar-refractivity contribution >= 4 is 22.9 Å². The molecule has 0 unspecified atom stereocenters. The highest BCUT2D eigenvalue weighted by Crippen LogP contribution is 2.23. The first-order valence-corrected chi connectivity index (χ1v) is 5.96. The van der Waals surface area contributed by atoms with E-state index in [9.17, 15) is 8.78 Å². The molecule has 3 nitrogen and oxygen atoms in total. The van der Waals surface area contributed by atoms with E-state index in [2.05, 4.69) is 12.2 Å². The van der Waals surface area contributed by atoms with E-state index >= 15 is 0 Å². The average molecular weight is 274 g/mol. The van der Waals surface area contributed by atoms with Gasteiger partial charge in [0.2, 0.25) is 0 Å². The van der Waals surface area contributed by atoms with E-state index in [1.807, 2.05) is 6.92 Å². The molecule has 18 heavy (non-hydrogen) atoms. The fraction of sp³-hybridized carbons (Fsp3) is 0.417. The zero-order valence-corrected chi connectivity index (χ0v) is 11.2. The summed E-state index contributed by atoms with van der Waals surface area (Å²) in [6, 6.07) is 2.27. The quantitative estimate of drug-likeness (QED) is 0.636. The van der Waals surface area contributed by atoms with Gasteiger partial charge in [-0.15, -0.1) is 0 Å². The molecular formula is C12H16F2N2OS. The van der Waals surface area contributed by atoms with Crippen LogP contribution >= 0.6 is 12.2 Å². The summed E-state index contributed by atoms with van der Waals surface area (Å²) in [6.45, 7) is 3.23. The maximum absolute atomic E-state index is 13.8. The highest BCUT2D eigenvalue weighted by atomic mass is 32.1. The van der Waals surface area contributed by atoms with Crippen LogP contribution in [0.2, 0.25) is 0 Å². The van der Waals surface area contributed by atoms with Gasteiger partial charge in [0.05, 0.1) is 6.61 Å². The van der Waals surface area contributed by atoms with Crippen molar-refractivity contribution in [2.45, 2.75) is 6.92 Å². The normalized spacial score (nSPS) is 10.4. The topological polar surface area (TPSA) is 38.5 Å². The fourth-order valence-corrected chi connectivity index (χ4v) is 1.65. The molecule has 0 saturated heterocycles. The number of halogens is 2. The van der Waals surface area contributed by atoms with Crippen molar-refractivity contribution in [2.24, 2.45) is 5.73 Å². The molecule has 1 aromatic carbocycles. The lowest BCUT2D eigenvalue weighted by Gasteiger charge is -2.20. The van der Waals surface area contributed by atoms with Crippen LogP contribution < -0.4 is 10.6 Å². The molecule has 2 N–H and O–H groups in total. The predicted octanol–water partition coefficient (Wildman–Crippen LogP) is 2.07. The van der Waals surface area contributed by atoms with Crippen LogP contribution in [0, 0.1) is 11.6 Å². The first-order valence-electron chi connectivity index (χ1n) is 5.55. The first kappa shape index (κ1) is 14.8. The van der Waals surface area contributed by atoms with Crippen LogP contribution in [0.1, 0.15) is 12.5 Å². The zero-order chi connectivity index (χ0) is 13.7. The van der Waals surface area contributed by atoms with E-state index < -0.39 is 11.6 Å². The molecular weight excluding hydrogens is 258 g/mol. The molecule has 0 bridgehead atoms. The number of hydrogen-bond acceptors (Lipinski definition) is 3. The van der Waals surface area contributed by atoms with Crippen molar-refractivity contribution in [1.82, 2.24) is 0 Å². The summed E-state index contributed by atoms with van der Waals surface area (Å²) in [5, 5.41) is 0. The molecule has 0 spiro atoms. The minimum Gasteiger partial charge on any atom is -0.389 e. The molecule has 1 rings (SSSR count). The molecule has 100 valence electrons. The SMILES string of the molecule is CCOCCN(C)c1c(F)cc(C(N)=S)cc1F. The number of benzene rings is 1. The van der Waals surface area contributed by atoms with Crippen LogP contribution in [-0.4, -0.2) is 31.8 Å². The molecule has 6 heteroatoms. The van der Waals surface area contributed by atoms with E-state index in [-0.39, 0.29) is 16.2 Å². The van der Waals surface area contributed by atoms with Crippen LogP contribution in [-0.2, 0) is 4.74 Å². The summed E-state index contributed by atoms with van der Waals surface area (Å²) in [6.07, 6.45) is 0. The molecule has 0 atom stereocenters. The molecule has 0 radical (unpaired) electrons. The van der Waals surface area contributed by atoms with Gasteiger partial charge in [-0.25, -0.2) is 8.78 Å². The first-order chi connectivity index (χ1) is 8.47. The smallest absolute Gasteiger partial charge is 0.150 e. The lowest BCUT2D eigenvalue weighted by molar-refractivity contribution is 0.154. The summed E-state index contributed by atoms with van der Waals surface area (Å²) in [7, 11) is 1.60. The second-order valence-electron chi connectivity index (χ2n) is 3.77. The summed E-state index contributed by atoms with van der Waals surface area (Å²) < 4.78 is 32.7. The van der Waals surface area contributed by atoms with E-state index in [1.54, 1.807) is 7.05 Å². The Morgan fingerprint density at radius 2 is 1.94 bits per heavy atom. The zero-order valence-electron chi connectivity index (χ0n) is 10.4. The lowest BCUT2D eigenvalue weighted by atomic mass is 10.1. The Bertz CT molecular complexity index is 417. The molecule has 0 aliphatic carbocycles. The molecule has 0 amide bonds. The van der Waals surface area contributed by atoms with Gasteiger partial charge in [-0.2, -0.15) is 0 Å². The Labute approximate surface area is 111 Å². The third kappa shape index (κ3) is 3.61. The number of ether oxygens (including phenoxy) is 1. The largest absolute Gasteiger partial charge is 0.389 e. The van der Waals surface area contributed by atoms with Gasteiger partial charge in [0, 0.05) is 25.8 Å². The van der Waals surface area contributed by atoms with Gasteiger partial charge in [-0.1, -0.05) is 12.2 Å². The maximum Gasteiger partial charge on any atom is 0.150 e. The molecule has 1 aromatic rings. The second kappa shape index (κ2) is 6.61. The van der Waals surface area contributed by atoms with Gasteiger partial charge in [0.15, 0.2) is 0 Å². The number of thiocarbonyl (C=S) groups is 1. The monoisotopic (exact) mass is 274 g/mol. The molecule has 0 heterocycles. The number of nitrogens with zero attached hydrogens (tertiary/aromatic N) is 1. The van der Waals surface area contributed by atoms with E-state index in [1.165, 1.54) is 4.90 Å². The third-order valence-electron chi connectivity index (χ3n) is 2.46. The highest BCUT2D eigenvalue weighted by molar-refractivity contribution is 7.80. The molecule has 0 fully saturated rings. The Morgan fingerprint density at radius 3 is 2.39 bits per heavy atom. The Kier molecular flexibility index (Phi) is 5.43. The Balaban J connectivity index is 2.92. The maximum atomic E-state index is 13.8. The summed E-state index contributed by atoms with van der Waals surface area (Å²) in [5.74, 6) is -1.37. The predicted molar refractivity (Wildman–Crippen MR) is 72.0 cm³/mol. The van der Waals surface area contributed by atoms with Crippen LogP contribution in [0.4, 0.5) is 14.5 Å². The van der Waals surface area contributed by atoms with Gasteiger partial charge in [0.25, 0.3) is 0 Å². The Hall–Kier alpha value is -1.27. The minimum atomic E-state index is -0.684. The molecule has 0 aliphatic heterocycles. The number of likely N-dealkylation sites (N-methyl/N-ethyl adjacent to an activating group) is 1. The number of rotatable bonds is 6. The van der Waals surface area contributed by atoms with Crippen LogP contribution in [0.3, 0.4) is 0 Å². The van der Waals surface area contributed by atoms with Crippen LogP contribution in [0.15, 0.2) is 12.1 Å². The number of hydrogen-bond donors (Lipinski definition) is 1. The second-order valence-corrected chi connectivity index (χ2v) is 4.21. The van der Waals surface area contributed by atoms with Crippen molar-refractivity contribution < 1.29 is 13.5 Å². The summed E-state index contributed by atoms with van der Waals surface area (Å²) >= 11 is 4.69. The van der Waals surface area contributed by atoms with Gasteiger partial charge < -0.3 is 15.4 Å². The van der Waals surface area contributed by atoms with Crippen molar-refractivity contribution in [3.63, 3.8) is 0 Å². The number of nitrogens with two attached hydrogens (primary N) is 1. The molecule has 0 aliphatic rings. The number of anilines is 1. The van der Waals surface area contributed by atoms with Gasteiger partial charge in [0.1, 0.15) is 22.3 Å². The van der Waals surface area contributed by atoms with Crippen molar-refractivity contribution in [1.29, 1.82) is 0 Å². The van der Waals surface area contributed by atoms with E-state index in [0.29, 0.717) is 19.8 Å². The highest BCUT2D eigenvalue weighted by Gasteiger charge is 2.15. The average Bonchev–Trinajstić information content (AvgIpc) is 2.28. The van der Waals surface area contributed by atoms with E-state index in [0.717, 1.165) is 12.1 Å². The summed E-state index contributed by atoms with van der Waals surface area (Å²) in [5.41, 5.74) is 5.42. The third-order valence-corrected chi connectivity index (χ3v) is 2.69. The molecule has 0 saturated carbocycles. The van der Waals surface area contributed by atoms with Gasteiger partial charge in [-0.05, 0) is 19.1 Å². The van der Waals surface area contributed by atoms with Crippen molar-refractivity contribution in [3.05, 3.63) is 29.3 Å². The summed E-state index contributed by atoms with van der Waals surface area (Å²) in [4.78, 5) is 1.43.